The number of nitrogens with zero attached hydrogens (tertiary/aromatic N) is 1. The Morgan fingerprint density at radius 3 is 2.27 bits per heavy atom. The highest BCUT2D eigenvalue weighted by Crippen LogP contribution is 2.30. The molecule has 1 fully saturated rings. The molecule has 0 radical (unpaired) electrons. The van der Waals surface area contributed by atoms with Gasteiger partial charge in [-0.2, -0.15) is 0 Å². The Bertz CT molecular complexity index is 846. The van der Waals surface area contributed by atoms with Gasteiger partial charge in [-0.05, 0) is 49.6 Å². The summed E-state index contributed by atoms with van der Waals surface area (Å²) in [5.74, 6) is -0.0287. The van der Waals surface area contributed by atoms with E-state index >= 15 is 0 Å². The first kappa shape index (κ1) is 22.2. The van der Waals surface area contributed by atoms with Gasteiger partial charge in [0.25, 0.3) is 0 Å². The Labute approximate surface area is 183 Å². The van der Waals surface area contributed by atoms with E-state index in [-0.39, 0.29) is 23.7 Å². The SMILES string of the molecule is COc1ccc([C@H](C(=O)NC2CCCCC2)N(C(=O)CCl)c2ccc(C)cc2)cc1. The average Bonchev–Trinajstić information content (AvgIpc) is 2.78. The van der Waals surface area contributed by atoms with E-state index in [2.05, 4.69) is 5.32 Å². The highest BCUT2D eigenvalue weighted by Gasteiger charge is 2.33. The number of benzene rings is 2. The van der Waals surface area contributed by atoms with Crippen LogP contribution in [-0.2, 0) is 9.59 Å². The minimum atomic E-state index is -0.813. The summed E-state index contributed by atoms with van der Waals surface area (Å²) in [6.07, 6.45) is 5.36. The van der Waals surface area contributed by atoms with Crippen molar-refractivity contribution < 1.29 is 14.3 Å². The molecular formula is C24H29ClN2O3. The lowest BCUT2D eigenvalue weighted by Crippen LogP contribution is -2.47. The van der Waals surface area contributed by atoms with E-state index in [1.165, 1.54) is 11.3 Å². The standard InChI is InChI=1S/C24H29ClN2O3/c1-17-8-12-20(13-9-17)27(22(28)16-25)23(18-10-14-21(30-2)15-11-18)24(29)26-19-6-4-3-5-7-19/h8-15,19,23H,3-7,16H2,1-2H3,(H,26,29)/t23-/m1/s1. The van der Waals surface area contributed by atoms with Gasteiger partial charge in [-0.3, -0.25) is 14.5 Å². The maximum Gasteiger partial charge on any atom is 0.248 e. The van der Waals surface area contributed by atoms with Crippen LogP contribution in [0.1, 0.15) is 49.3 Å². The third kappa shape index (κ3) is 5.33. The molecule has 6 heteroatoms. The van der Waals surface area contributed by atoms with Crippen molar-refractivity contribution in [3.8, 4) is 5.75 Å². The Balaban J connectivity index is 2.00. The highest BCUT2D eigenvalue weighted by molar-refractivity contribution is 6.29. The monoisotopic (exact) mass is 428 g/mol. The number of halogens is 1. The van der Waals surface area contributed by atoms with E-state index in [1.807, 2.05) is 43.3 Å². The van der Waals surface area contributed by atoms with Crippen molar-refractivity contribution >= 4 is 29.1 Å². The zero-order valence-electron chi connectivity index (χ0n) is 17.6. The van der Waals surface area contributed by atoms with Crippen LogP contribution < -0.4 is 15.0 Å². The zero-order chi connectivity index (χ0) is 21.5. The van der Waals surface area contributed by atoms with Crippen molar-refractivity contribution in [2.24, 2.45) is 0 Å². The van der Waals surface area contributed by atoms with Crippen molar-refractivity contribution in [3.63, 3.8) is 0 Å². The summed E-state index contributed by atoms with van der Waals surface area (Å²) in [4.78, 5) is 27.9. The van der Waals surface area contributed by atoms with Crippen LogP contribution in [0.15, 0.2) is 48.5 Å². The number of amides is 2. The molecule has 0 heterocycles. The first-order chi connectivity index (χ1) is 14.5. The summed E-state index contributed by atoms with van der Waals surface area (Å²) < 4.78 is 5.26. The van der Waals surface area contributed by atoms with Crippen LogP contribution in [0.4, 0.5) is 5.69 Å². The van der Waals surface area contributed by atoms with Gasteiger partial charge in [-0.15, -0.1) is 11.6 Å². The number of hydrogen-bond donors (Lipinski definition) is 1. The van der Waals surface area contributed by atoms with Crippen molar-refractivity contribution in [1.82, 2.24) is 5.32 Å². The second-order valence-electron chi connectivity index (χ2n) is 7.75. The fraction of sp³-hybridized carbons (Fsp3) is 0.417. The van der Waals surface area contributed by atoms with Gasteiger partial charge >= 0.3 is 0 Å². The predicted octanol–water partition coefficient (Wildman–Crippen LogP) is 4.77. The summed E-state index contributed by atoms with van der Waals surface area (Å²) in [6, 6.07) is 14.1. The molecule has 0 aliphatic heterocycles. The molecule has 0 saturated heterocycles. The first-order valence-electron chi connectivity index (χ1n) is 10.4. The maximum absolute atomic E-state index is 13.5. The van der Waals surface area contributed by atoms with E-state index < -0.39 is 6.04 Å². The molecule has 2 amide bonds. The van der Waals surface area contributed by atoms with Crippen LogP contribution in [0.3, 0.4) is 0 Å². The topological polar surface area (TPSA) is 58.6 Å². The van der Waals surface area contributed by atoms with Crippen LogP contribution in [0.2, 0.25) is 0 Å². The smallest absolute Gasteiger partial charge is 0.248 e. The van der Waals surface area contributed by atoms with E-state index in [9.17, 15) is 9.59 Å². The fourth-order valence-corrected chi connectivity index (χ4v) is 4.07. The highest BCUT2D eigenvalue weighted by atomic mass is 35.5. The minimum Gasteiger partial charge on any atom is -0.497 e. The second kappa shape index (κ2) is 10.5. The van der Waals surface area contributed by atoms with Gasteiger partial charge in [0.1, 0.15) is 17.7 Å². The number of carbonyl (C=O) groups is 2. The Kier molecular flexibility index (Phi) is 7.75. The van der Waals surface area contributed by atoms with Crippen LogP contribution in [0.5, 0.6) is 5.75 Å². The summed E-state index contributed by atoms with van der Waals surface area (Å²) >= 11 is 5.96. The number of hydrogen-bond acceptors (Lipinski definition) is 3. The quantitative estimate of drug-likeness (QED) is 0.646. The van der Waals surface area contributed by atoms with Gasteiger partial charge in [-0.1, -0.05) is 49.1 Å². The molecular weight excluding hydrogens is 400 g/mol. The molecule has 160 valence electrons. The Hall–Kier alpha value is -2.53. The van der Waals surface area contributed by atoms with Gasteiger partial charge in [0, 0.05) is 11.7 Å². The molecule has 0 aromatic heterocycles. The van der Waals surface area contributed by atoms with Gasteiger partial charge in [-0.25, -0.2) is 0 Å². The predicted molar refractivity (Wildman–Crippen MR) is 120 cm³/mol. The molecule has 1 atom stereocenters. The van der Waals surface area contributed by atoms with Crippen LogP contribution >= 0.6 is 11.6 Å². The number of rotatable bonds is 7. The van der Waals surface area contributed by atoms with E-state index in [4.69, 9.17) is 16.3 Å². The van der Waals surface area contributed by atoms with Gasteiger partial charge in [0.05, 0.1) is 7.11 Å². The van der Waals surface area contributed by atoms with Crippen molar-refractivity contribution in [3.05, 3.63) is 59.7 Å². The molecule has 0 bridgehead atoms. The summed E-state index contributed by atoms with van der Waals surface area (Å²) in [5, 5.41) is 3.18. The lowest BCUT2D eigenvalue weighted by Gasteiger charge is -2.33. The average molecular weight is 429 g/mol. The van der Waals surface area contributed by atoms with E-state index in [0.29, 0.717) is 17.0 Å². The Morgan fingerprint density at radius 1 is 1.07 bits per heavy atom. The molecule has 1 saturated carbocycles. The second-order valence-corrected chi connectivity index (χ2v) is 8.02. The van der Waals surface area contributed by atoms with Gasteiger partial charge < -0.3 is 10.1 Å². The normalized spacial score (nSPS) is 15.3. The summed E-state index contributed by atoms with van der Waals surface area (Å²) in [6.45, 7) is 1.98. The summed E-state index contributed by atoms with van der Waals surface area (Å²) in [7, 11) is 1.60. The van der Waals surface area contributed by atoms with Gasteiger partial charge in [0.2, 0.25) is 11.8 Å². The molecule has 0 spiro atoms. The number of alkyl halides is 1. The molecule has 5 nitrogen and oxygen atoms in total. The lowest BCUT2D eigenvalue weighted by atomic mass is 9.94. The van der Waals surface area contributed by atoms with Crippen LogP contribution in [-0.4, -0.2) is 30.8 Å². The molecule has 1 aliphatic rings. The Morgan fingerprint density at radius 2 is 1.70 bits per heavy atom. The number of carbonyl (C=O) groups excluding carboxylic acids is 2. The number of aryl methyl sites for hydroxylation is 1. The molecule has 0 unspecified atom stereocenters. The first-order valence-corrected chi connectivity index (χ1v) is 11.0. The number of anilines is 1. The molecule has 3 rings (SSSR count). The largest absolute Gasteiger partial charge is 0.497 e. The van der Waals surface area contributed by atoms with Crippen LogP contribution in [0.25, 0.3) is 0 Å². The fourth-order valence-electron chi connectivity index (χ4n) is 3.94. The maximum atomic E-state index is 13.5. The summed E-state index contributed by atoms with van der Waals surface area (Å²) in [5.41, 5.74) is 2.43. The molecule has 1 N–H and O–H groups in total. The van der Waals surface area contributed by atoms with Crippen molar-refractivity contribution in [1.29, 1.82) is 0 Å². The number of ether oxygens (including phenoxy) is 1. The number of nitrogens with one attached hydrogen (secondary N) is 1. The van der Waals surface area contributed by atoms with E-state index in [1.54, 1.807) is 19.2 Å². The lowest BCUT2D eigenvalue weighted by molar-refractivity contribution is -0.126. The third-order valence-electron chi connectivity index (χ3n) is 5.58. The minimum absolute atomic E-state index is 0.137. The van der Waals surface area contributed by atoms with Crippen LogP contribution in [0, 0.1) is 6.92 Å². The van der Waals surface area contributed by atoms with Crippen molar-refractivity contribution in [2.75, 3.05) is 17.9 Å². The van der Waals surface area contributed by atoms with E-state index in [0.717, 1.165) is 31.2 Å². The van der Waals surface area contributed by atoms with Gasteiger partial charge in [0.15, 0.2) is 0 Å². The third-order valence-corrected chi connectivity index (χ3v) is 5.81. The number of methoxy groups -OCH3 is 1. The molecule has 30 heavy (non-hydrogen) atoms. The van der Waals surface area contributed by atoms with Crippen molar-refractivity contribution in [2.45, 2.75) is 51.1 Å². The molecule has 1 aliphatic carbocycles. The molecule has 2 aromatic rings. The zero-order valence-corrected chi connectivity index (χ0v) is 18.3. The molecule has 2 aromatic carbocycles.